The van der Waals surface area contributed by atoms with Crippen molar-refractivity contribution in [1.29, 1.82) is 5.26 Å². The molecule has 0 spiro atoms. The first-order chi connectivity index (χ1) is 8.10. The summed E-state index contributed by atoms with van der Waals surface area (Å²) in [6.07, 6.45) is 1.21. The van der Waals surface area contributed by atoms with Crippen LogP contribution in [-0.2, 0) is 9.53 Å². The Morgan fingerprint density at radius 2 is 2.24 bits per heavy atom. The van der Waals surface area contributed by atoms with E-state index in [9.17, 15) is 4.79 Å². The Bertz CT molecular complexity index is 507. The third-order valence-electron chi connectivity index (χ3n) is 1.85. The van der Waals surface area contributed by atoms with Gasteiger partial charge < -0.3 is 10.1 Å². The molecule has 0 bridgehead atoms. The lowest BCUT2D eigenvalue weighted by Crippen LogP contribution is -2.05. The third-order valence-corrected chi connectivity index (χ3v) is 2.67. The predicted molar refractivity (Wildman–Crippen MR) is 65.8 cm³/mol. The molecule has 0 aliphatic heterocycles. The number of nitrogens with one attached hydrogen (secondary N) is 1. The van der Waals surface area contributed by atoms with Crippen molar-refractivity contribution < 1.29 is 9.53 Å². The Morgan fingerprint density at radius 1 is 1.53 bits per heavy atom. The van der Waals surface area contributed by atoms with Crippen LogP contribution in [0.1, 0.15) is 0 Å². The lowest BCUT2D eigenvalue weighted by molar-refractivity contribution is -0.135. The van der Waals surface area contributed by atoms with Crippen LogP contribution in [0.5, 0.6) is 0 Å². The number of ether oxygens (including phenoxy) is 1. The van der Waals surface area contributed by atoms with Gasteiger partial charge in [0.25, 0.3) is 0 Å². The molecule has 0 aromatic heterocycles. The van der Waals surface area contributed by atoms with E-state index in [0.29, 0.717) is 15.7 Å². The average Bonchev–Trinajstić information content (AvgIpc) is 2.34. The van der Waals surface area contributed by atoms with Gasteiger partial charge in [0.1, 0.15) is 6.07 Å². The van der Waals surface area contributed by atoms with Gasteiger partial charge in [-0.1, -0.05) is 29.3 Å². The molecule has 4 nitrogen and oxygen atoms in total. The number of halogens is 2. The lowest BCUT2D eigenvalue weighted by atomic mass is 10.3. The summed E-state index contributed by atoms with van der Waals surface area (Å²) in [4.78, 5) is 11.1. The van der Waals surface area contributed by atoms with Gasteiger partial charge in [0.2, 0.25) is 0 Å². The topological polar surface area (TPSA) is 62.1 Å². The van der Waals surface area contributed by atoms with Crippen LogP contribution in [0.15, 0.2) is 30.0 Å². The molecule has 1 aromatic rings. The maximum absolute atomic E-state index is 11.1. The Kier molecular flexibility index (Phi) is 4.83. The molecule has 0 unspecified atom stereocenters. The van der Waals surface area contributed by atoms with E-state index in [4.69, 9.17) is 28.5 Å². The molecule has 0 saturated heterocycles. The summed E-state index contributed by atoms with van der Waals surface area (Å²) in [6, 6.07) is 6.69. The molecule has 17 heavy (non-hydrogen) atoms. The molecule has 0 radical (unpaired) electrons. The van der Waals surface area contributed by atoms with Gasteiger partial charge >= 0.3 is 5.97 Å². The fourth-order valence-corrected chi connectivity index (χ4v) is 1.37. The van der Waals surface area contributed by atoms with Crippen LogP contribution in [0.3, 0.4) is 0 Å². The molecule has 0 saturated carbocycles. The first kappa shape index (κ1) is 13.4. The molecule has 1 rings (SSSR count). The molecule has 0 atom stereocenters. The van der Waals surface area contributed by atoms with Gasteiger partial charge in [-0.3, -0.25) is 0 Å². The SMILES string of the molecule is COC(=O)/C(C#N)=C\Nc1cccc(Cl)c1Cl. The highest BCUT2D eigenvalue weighted by molar-refractivity contribution is 6.43. The van der Waals surface area contributed by atoms with Crippen LogP contribution in [-0.4, -0.2) is 13.1 Å². The first-order valence-corrected chi connectivity index (χ1v) is 5.25. The zero-order chi connectivity index (χ0) is 12.8. The fraction of sp³-hybridized carbons (Fsp3) is 0.0909. The molecule has 88 valence electrons. The summed E-state index contributed by atoms with van der Waals surface area (Å²) in [5, 5.41) is 12.1. The molecule has 1 aromatic carbocycles. The monoisotopic (exact) mass is 270 g/mol. The second kappa shape index (κ2) is 6.14. The Hall–Kier alpha value is -1.70. The van der Waals surface area contributed by atoms with Gasteiger partial charge in [0, 0.05) is 6.20 Å². The summed E-state index contributed by atoms with van der Waals surface area (Å²) in [5.41, 5.74) is 0.333. The minimum atomic E-state index is -0.724. The van der Waals surface area contributed by atoms with Crippen LogP contribution in [0.2, 0.25) is 10.0 Å². The lowest BCUT2D eigenvalue weighted by Gasteiger charge is -2.05. The summed E-state index contributed by atoms with van der Waals surface area (Å²) < 4.78 is 4.42. The molecule has 0 aliphatic carbocycles. The summed E-state index contributed by atoms with van der Waals surface area (Å²) in [5.74, 6) is -0.724. The molecule has 1 N–H and O–H groups in total. The number of esters is 1. The van der Waals surface area contributed by atoms with Crippen molar-refractivity contribution in [3.05, 3.63) is 40.0 Å². The summed E-state index contributed by atoms with van der Waals surface area (Å²) in [7, 11) is 1.19. The van der Waals surface area contributed by atoms with E-state index in [0.717, 1.165) is 0 Å². The number of nitriles is 1. The van der Waals surface area contributed by atoms with E-state index in [-0.39, 0.29) is 5.57 Å². The highest BCUT2D eigenvalue weighted by Gasteiger charge is 2.09. The van der Waals surface area contributed by atoms with Crippen LogP contribution < -0.4 is 5.32 Å². The minimum Gasteiger partial charge on any atom is -0.465 e. The first-order valence-electron chi connectivity index (χ1n) is 4.49. The van der Waals surface area contributed by atoms with E-state index in [1.807, 2.05) is 0 Å². The summed E-state index contributed by atoms with van der Waals surface area (Å²) in [6.45, 7) is 0. The largest absolute Gasteiger partial charge is 0.465 e. The van der Waals surface area contributed by atoms with Gasteiger partial charge in [-0.15, -0.1) is 0 Å². The number of anilines is 1. The number of hydrogen-bond acceptors (Lipinski definition) is 4. The molecule has 0 amide bonds. The predicted octanol–water partition coefficient (Wildman–Crippen LogP) is 2.99. The highest BCUT2D eigenvalue weighted by atomic mass is 35.5. The average molecular weight is 271 g/mol. The molecule has 0 fully saturated rings. The van der Waals surface area contributed by atoms with E-state index in [1.54, 1.807) is 24.3 Å². The molecule has 0 aliphatic rings. The maximum atomic E-state index is 11.1. The quantitative estimate of drug-likeness (QED) is 0.521. The van der Waals surface area contributed by atoms with E-state index in [2.05, 4.69) is 10.1 Å². The van der Waals surface area contributed by atoms with Crippen molar-refractivity contribution in [2.75, 3.05) is 12.4 Å². The molecule has 6 heteroatoms. The number of rotatable bonds is 3. The Morgan fingerprint density at radius 3 is 2.82 bits per heavy atom. The molecule has 0 heterocycles. The number of nitrogens with zero attached hydrogens (tertiary/aromatic N) is 1. The number of carbonyl (C=O) groups is 1. The van der Waals surface area contributed by atoms with E-state index >= 15 is 0 Å². The smallest absolute Gasteiger partial charge is 0.350 e. The van der Waals surface area contributed by atoms with Crippen molar-refractivity contribution in [3.63, 3.8) is 0 Å². The number of methoxy groups -OCH3 is 1. The van der Waals surface area contributed by atoms with Gasteiger partial charge in [0.05, 0.1) is 22.8 Å². The van der Waals surface area contributed by atoms with Gasteiger partial charge in [0.15, 0.2) is 5.57 Å². The number of hydrogen-bond donors (Lipinski definition) is 1. The molecular weight excluding hydrogens is 263 g/mol. The zero-order valence-corrected chi connectivity index (χ0v) is 10.3. The van der Waals surface area contributed by atoms with Crippen LogP contribution >= 0.6 is 23.2 Å². The van der Waals surface area contributed by atoms with Crippen molar-refractivity contribution in [2.45, 2.75) is 0 Å². The highest BCUT2D eigenvalue weighted by Crippen LogP contribution is 2.29. The van der Waals surface area contributed by atoms with Gasteiger partial charge in [-0.05, 0) is 12.1 Å². The zero-order valence-electron chi connectivity index (χ0n) is 8.83. The number of carbonyl (C=O) groups excluding carboxylic acids is 1. The van der Waals surface area contributed by atoms with Crippen LogP contribution in [0.25, 0.3) is 0 Å². The normalized spacial score (nSPS) is 10.6. The van der Waals surface area contributed by atoms with Gasteiger partial charge in [-0.2, -0.15) is 5.26 Å². The van der Waals surface area contributed by atoms with Crippen molar-refractivity contribution in [2.24, 2.45) is 0 Å². The Labute approximate surface area is 108 Å². The molecular formula is C11H8Cl2N2O2. The second-order valence-corrected chi connectivity index (χ2v) is 3.69. The third kappa shape index (κ3) is 3.38. The number of benzene rings is 1. The maximum Gasteiger partial charge on any atom is 0.350 e. The van der Waals surface area contributed by atoms with Crippen molar-refractivity contribution in [3.8, 4) is 6.07 Å². The Balaban J connectivity index is 2.93. The van der Waals surface area contributed by atoms with E-state index < -0.39 is 5.97 Å². The van der Waals surface area contributed by atoms with Crippen LogP contribution in [0.4, 0.5) is 5.69 Å². The van der Waals surface area contributed by atoms with Crippen molar-refractivity contribution >= 4 is 34.9 Å². The van der Waals surface area contributed by atoms with E-state index in [1.165, 1.54) is 13.3 Å². The van der Waals surface area contributed by atoms with Crippen molar-refractivity contribution in [1.82, 2.24) is 0 Å². The minimum absolute atomic E-state index is 0.163. The van der Waals surface area contributed by atoms with Gasteiger partial charge in [-0.25, -0.2) is 4.79 Å². The fourth-order valence-electron chi connectivity index (χ4n) is 1.01. The van der Waals surface area contributed by atoms with Crippen LogP contribution in [0, 0.1) is 11.3 Å². The second-order valence-electron chi connectivity index (χ2n) is 2.91. The summed E-state index contributed by atoms with van der Waals surface area (Å²) >= 11 is 11.7. The standard InChI is InChI=1S/C11H8Cl2N2O2/c1-17-11(16)7(5-14)6-15-9-4-2-3-8(12)10(9)13/h2-4,6,15H,1H3/b7-6-.